The first kappa shape index (κ1) is 17.0. The van der Waals surface area contributed by atoms with Crippen LogP contribution in [-0.4, -0.2) is 19.9 Å². The van der Waals surface area contributed by atoms with Crippen molar-refractivity contribution in [3.8, 4) is 0 Å². The molecule has 1 aromatic carbocycles. The number of para-hydroxylation sites is 1. The molecule has 0 fully saturated rings. The number of fused-ring (bicyclic) bond motifs is 3. The average molecular weight is 360 g/mol. The minimum Gasteiger partial charge on any atom is -0.326 e. The zero-order chi connectivity index (χ0) is 18.8. The van der Waals surface area contributed by atoms with E-state index in [4.69, 9.17) is 0 Å². The molecule has 3 heterocycles. The maximum Gasteiger partial charge on any atom is 0.276 e. The number of aromatic nitrogens is 3. The first-order chi connectivity index (χ1) is 13.2. The maximum atomic E-state index is 12.8. The Balaban J connectivity index is 1.62. The second-order valence-electron chi connectivity index (χ2n) is 6.38. The number of carbonyl (C=O) groups excluding carboxylic acids is 1. The van der Waals surface area contributed by atoms with Crippen LogP contribution in [0.3, 0.4) is 0 Å². The van der Waals surface area contributed by atoms with Gasteiger partial charge in [0.1, 0.15) is 5.52 Å². The number of carbonyl (C=O) groups is 1. The minimum absolute atomic E-state index is 0.123. The van der Waals surface area contributed by atoms with Gasteiger partial charge in [0, 0.05) is 31.0 Å². The summed E-state index contributed by atoms with van der Waals surface area (Å²) < 4.78 is 3.41. The van der Waals surface area contributed by atoms with Gasteiger partial charge in [-0.2, -0.15) is 0 Å². The lowest BCUT2D eigenvalue weighted by Crippen LogP contribution is -2.26. The van der Waals surface area contributed by atoms with Gasteiger partial charge < -0.3 is 9.72 Å². The van der Waals surface area contributed by atoms with Crippen molar-refractivity contribution in [1.29, 1.82) is 0 Å². The molecular weight excluding hydrogens is 340 g/mol. The van der Waals surface area contributed by atoms with Gasteiger partial charge in [0.25, 0.3) is 5.56 Å². The largest absolute Gasteiger partial charge is 0.326 e. The number of hydrogen-bond acceptors (Lipinski definition) is 3. The lowest BCUT2D eigenvalue weighted by molar-refractivity contribution is -0.116. The molecule has 0 bridgehead atoms. The van der Waals surface area contributed by atoms with Gasteiger partial charge in [-0.15, -0.1) is 0 Å². The van der Waals surface area contributed by atoms with Gasteiger partial charge in [-0.1, -0.05) is 25.1 Å². The van der Waals surface area contributed by atoms with E-state index in [9.17, 15) is 9.59 Å². The molecular formula is C21H20N4O2. The second kappa shape index (κ2) is 7.07. The van der Waals surface area contributed by atoms with Crippen molar-refractivity contribution >= 4 is 28.3 Å². The van der Waals surface area contributed by atoms with Crippen LogP contribution in [0.1, 0.15) is 18.9 Å². The van der Waals surface area contributed by atoms with Crippen LogP contribution in [0, 0.1) is 0 Å². The van der Waals surface area contributed by atoms with E-state index in [0.29, 0.717) is 11.2 Å². The molecule has 1 amide bonds. The number of rotatable bonds is 5. The van der Waals surface area contributed by atoms with Crippen LogP contribution in [0.5, 0.6) is 0 Å². The zero-order valence-electron chi connectivity index (χ0n) is 15.1. The van der Waals surface area contributed by atoms with Crippen molar-refractivity contribution in [2.24, 2.45) is 0 Å². The minimum atomic E-state index is -0.145. The first-order valence-corrected chi connectivity index (χ1v) is 9.01. The van der Waals surface area contributed by atoms with Crippen LogP contribution in [0.4, 0.5) is 5.69 Å². The highest BCUT2D eigenvalue weighted by Crippen LogP contribution is 2.16. The molecule has 136 valence electrons. The first-order valence-electron chi connectivity index (χ1n) is 9.01. The summed E-state index contributed by atoms with van der Waals surface area (Å²) in [5.41, 5.74) is 3.76. The van der Waals surface area contributed by atoms with Crippen LogP contribution >= 0.6 is 0 Å². The van der Waals surface area contributed by atoms with Gasteiger partial charge in [-0.25, -0.2) is 4.98 Å². The summed E-state index contributed by atoms with van der Waals surface area (Å²) in [6.45, 7) is 2.32. The number of hydrogen-bond donors (Lipinski definition) is 1. The van der Waals surface area contributed by atoms with Crippen molar-refractivity contribution in [1.82, 2.24) is 14.0 Å². The van der Waals surface area contributed by atoms with Crippen LogP contribution < -0.4 is 10.9 Å². The number of anilines is 1. The van der Waals surface area contributed by atoms with Crippen molar-refractivity contribution in [3.05, 3.63) is 76.8 Å². The predicted molar refractivity (Wildman–Crippen MR) is 106 cm³/mol. The van der Waals surface area contributed by atoms with Crippen LogP contribution in [0.15, 0.2) is 65.7 Å². The number of amides is 1. The molecule has 4 rings (SSSR count). The average Bonchev–Trinajstić information content (AvgIpc) is 3.19. The van der Waals surface area contributed by atoms with Gasteiger partial charge in [0.05, 0.1) is 5.52 Å². The number of pyridine rings is 1. The zero-order valence-corrected chi connectivity index (χ0v) is 15.1. The Morgan fingerprint density at radius 1 is 1.07 bits per heavy atom. The summed E-state index contributed by atoms with van der Waals surface area (Å²) in [5.74, 6) is -0.123. The van der Waals surface area contributed by atoms with Gasteiger partial charge in [0.2, 0.25) is 5.91 Å². The molecule has 1 N–H and O–H groups in total. The van der Waals surface area contributed by atoms with E-state index in [1.807, 2.05) is 53.1 Å². The van der Waals surface area contributed by atoms with Crippen LogP contribution in [0.2, 0.25) is 0 Å². The molecule has 0 aliphatic heterocycles. The number of nitrogens with zero attached hydrogens (tertiary/aromatic N) is 3. The molecule has 0 atom stereocenters. The lowest BCUT2D eigenvalue weighted by Gasteiger charge is -2.13. The number of nitrogens with one attached hydrogen (secondary N) is 1. The molecule has 6 nitrogen and oxygen atoms in total. The molecule has 0 spiro atoms. The standard InChI is InChI=1S/C21H20N4O2/c1-2-15-7-3-4-8-16(15)23-19(26)11-14-25-20-17(9-5-12-22-20)24-13-6-10-18(24)21(25)27/h3-10,12-13H,2,11,14H2,1H3,(H,23,26). The van der Waals surface area contributed by atoms with Crippen LogP contribution in [-0.2, 0) is 17.8 Å². The highest BCUT2D eigenvalue weighted by molar-refractivity contribution is 5.91. The van der Waals surface area contributed by atoms with E-state index in [-0.39, 0.29) is 24.4 Å². The molecule has 27 heavy (non-hydrogen) atoms. The van der Waals surface area contributed by atoms with E-state index in [0.717, 1.165) is 23.2 Å². The molecule has 0 aliphatic rings. The molecule has 3 aromatic heterocycles. The summed E-state index contributed by atoms with van der Waals surface area (Å²) in [7, 11) is 0. The fourth-order valence-electron chi connectivity index (χ4n) is 3.37. The smallest absolute Gasteiger partial charge is 0.276 e. The highest BCUT2D eigenvalue weighted by Gasteiger charge is 2.13. The van der Waals surface area contributed by atoms with E-state index in [1.54, 1.807) is 16.8 Å². The van der Waals surface area contributed by atoms with Crippen molar-refractivity contribution in [2.45, 2.75) is 26.3 Å². The van der Waals surface area contributed by atoms with Gasteiger partial charge in [-0.3, -0.25) is 14.2 Å². The Kier molecular flexibility index (Phi) is 4.46. The predicted octanol–water partition coefficient (Wildman–Crippen LogP) is 3.24. The third kappa shape index (κ3) is 3.10. The molecule has 0 unspecified atom stereocenters. The maximum absolute atomic E-state index is 12.8. The Hall–Kier alpha value is -3.41. The van der Waals surface area contributed by atoms with E-state index in [2.05, 4.69) is 17.2 Å². The third-order valence-corrected chi connectivity index (χ3v) is 4.73. The van der Waals surface area contributed by atoms with E-state index < -0.39 is 0 Å². The Labute approximate surface area is 156 Å². The third-order valence-electron chi connectivity index (χ3n) is 4.73. The Morgan fingerprint density at radius 2 is 1.89 bits per heavy atom. The summed E-state index contributed by atoms with van der Waals surface area (Å²) in [4.78, 5) is 29.7. The normalized spacial score (nSPS) is 11.1. The van der Waals surface area contributed by atoms with Crippen molar-refractivity contribution in [3.63, 3.8) is 0 Å². The summed E-state index contributed by atoms with van der Waals surface area (Å²) in [6, 6.07) is 15.1. The molecule has 0 radical (unpaired) electrons. The van der Waals surface area contributed by atoms with Crippen LogP contribution in [0.25, 0.3) is 16.7 Å². The fourth-order valence-corrected chi connectivity index (χ4v) is 3.37. The summed E-state index contributed by atoms with van der Waals surface area (Å²) >= 11 is 0. The van der Waals surface area contributed by atoms with Crippen molar-refractivity contribution < 1.29 is 4.79 Å². The van der Waals surface area contributed by atoms with Gasteiger partial charge in [-0.05, 0) is 42.3 Å². The van der Waals surface area contributed by atoms with E-state index in [1.165, 1.54) is 0 Å². The Bertz CT molecular complexity index is 1190. The second-order valence-corrected chi connectivity index (χ2v) is 6.38. The summed E-state index contributed by atoms with van der Waals surface area (Å²) in [6.07, 6.45) is 4.54. The summed E-state index contributed by atoms with van der Waals surface area (Å²) in [5, 5.41) is 2.95. The van der Waals surface area contributed by atoms with Crippen molar-refractivity contribution in [2.75, 3.05) is 5.32 Å². The fraction of sp³-hybridized carbons (Fsp3) is 0.190. The highest BCUT2D eigenvalue weighted by atomic mass is 16.2. The molecule has 0 aliphatic carbocycles. The molecule has 6 heteroatoms. The molecule has 0 saturated heterocycles. The number of aryl methyl sites for hydroxylation is 2. The SMILES string of the molecule is CCc1ccccc1NC(=O)CCn1c(=O)c2cccn2c2cccnc21. The topological polar surface area (TPSA) is 68.4 Å². The lowest BCUT2D eigenvalue weighted by atomic mass is 10.1. The monoisotopic (exact) mass is 360 g/mol. The number of benzene rings is 1. The molecule has 4 aromatic rings. The van der Waals surface area contributed by atoms with Gasteiger partial charge >= 0.3 is 0 Å². The van der Waals surface area contributed by atoms with E-state index >= 15 is 0 Å². The molecule has 0 saturated carbocycles. The van der Waals surface area contributed by atoms with Gasteiger partial charge in [0.15, 0.2) is 5.65 Å². The Morgan fingerprint density at radius 3 is 2.74 bits per heavy atom. The quantitative estimate of drug-likeness (QED) is 0.594.